The van der Waals surface area contributed by atoms with Crippen LogP contribution in [0, 0.1) is 0 Å². The van der Waals surface area contributed by atoms with Gasteiger partial charge in [0.05, 0.1) is 31.6 Å². The number of fused-ring (bicyclic) bond motifs is 1. The maximum atomic E-state index is 14.2. The first-order chi connectivity index (χ1) is 22.0. The van der Waals surface area contributed by atoms with Crippen LogP contribution in [0.5, 0.6) is 0 Å². The van der Waals surface area contributed by atoms with E-state index in [1.165, 1.54) is 0 Å². The highest BCUT2D eigenvalue weighted by atomic mass is 16.5. The normalized spacial score (nSPS) is 18.6. The molecule has 2 N–H and O–H groups in total. The van der Waals surface area contributed by atoms with Crippen LogP contribution in [-0.4, -0.2) is 106 Å². The number of likely N-dealkylation sites (tertiary alicyclic amines) is 1. The van der Waals surface area contributed by atoms with E-state index in [0.717, 1.165) is 35.4 Å². The van der Waals surface area contributed by atoms with Crippen LogP contribution in [0.15, 0.2) is 73.1 Å². The Labute approximate surface area is 260 Å². The quantitative estimate of drug-likeness (QED) is 0.328. The number of ether oxygens (including phenoxy) is 1. The number of aromatic amines is 1. The van der Waals surface area contributed by atoms with Gasteiger partial charge in [0.2, 0.25) is 5.91 Å². The number of amides is 3. The number of carbonyl (C=O) groups excluding carboxylic acids is 3. The summed E-state index contributed by atoms with van der Waals surface area (Å²) in [4.78, 5) is 53.2. The zero-order chi connectivity index (χ0) is 30.8. The standard InChI is InChI=1S/C33H36N8O4/c42-29(36-28-9-5-4-6-24(28)21-38-14-16-45-17-15-38)22-40-23-41(27-7-2-1-3-8-27)33(32(40)44)10-12-39(13-11-33)31(43)26-18-25-20-35-37-30(25)34-19-26/h1-9,18-20H,10-17,21-23H2,(H,36,42)(H,34,35,37). The van der Waals surface area contributed by atoms with Crippen molar-refractivity contribution in [2.75, 3.05) is 62.8 Å². The first kappa shape index (κ1) is 28.9. The van der Waals surface area contributed by atoms with Gasteiger partial charge in [-0.2, -0.15) is 5.10 Å². The molecule has 3 aliphatic heterocycles. The summed E-state index contributed by atoms with van der Waals surface area (Å²) in [5, 5.41) is 10.6. The molecule has 3 aliphatic rings. The zero-order valence-corrected chi connectivity index (χ0v) is 25.0. The predicted octanol–water partition coefficient (Wildman–Crippen LogP) is 2.71. The van der Waals surface area contributed by atoms with Crippen LogP contribution in [-0.2, 0) is 20.9 Å². The van der Waals surface area contributed by atoms with Gasteiger partial charge in [-0.1, -0.05) is 36.4 Å². The first-order valence-electron chi connectivity index (χ1n) is 15.4. The fourth-order valence-corrected chi connectivity index (χ4v) is 6.68. The van der Waals surface area contributed by atoms with Crippen molar-refractivity contribution in [2.24, 2.45) is 0 Å². The van der Waals surface area contributed by atoms with Crippen LogP contribution in [0.2, 0.25) is 0 Å². The minimum atomic E-state index is -0.848. The van der Waals surface area contributed by atoms with Crippen molar-refractivity contribution in [3.05, 3.63) is 84.2 Å². The minimum absolute atomic E-state index is 0.0607. The highest BCUT2D eigenvalue weighted by Gasteiger charge is 2.54. The van der Waals surface area contributed by atoms with Gasteiger partial charge in [0.25, 0.3) is 11.8 Å². The summed E-state index contributed by atoms with van der Waals surface area (Å²) in [6.07, 6.45) is 4.11. The highest BCUT2D eigenvalue weighted by Crippen LogP contribution is 2.39. The number of morpholine rings is 1. The molecular formula is C33H36N8O4. The Morgan fingerprint density at radius 2 is 1.71 bits per heavy atom. The SMILES string of the molecule is O=C(CN1CN(c2ccccc2)C2(CCN(C(=O)c3cnc4[nH]ncc4c3)CC2)C1=O)Nc1ccccc1CN1CCOCC1. The van der Waals surface area contributed by atoms with Crippen molar-refractivity contribution in [1.29, 1.82) is 0 Å². The monoisotopic (exact) mass is 608 g/mol. The fraction of sp³-hybridized carbons (Fsp3) is 0.364. The van der Waals surface area contributed by atoms with Crippen molar-refractivity contribution in [3.8, 4) is 0 Å². The number of para-hydroxylation sites is 2. The van der Waals surface area contributed by atoms with E-state index in [0.29, 0.717) is 63.6 Å². The molecule has 0 atom stereocenters. The summed E-state index contributed by atoms with van der Waals surface area (Å²) in [6, 6.07) is 19.4. The Bertz CT molecular complexity index is 1700. The summed E-state index contributed by atoms with van der Waals surface area (Å²) in [5.41, 5.74) is 2.97. The molecule has 0 unspecified atom stereocenters. The van der Waals surface area contributed by atoms with Gasteiger partial charge >= 0.3 is 0 Å². The first-order valence-corrected chi connectivity index (χ1v) is 15.4. The Morgan fingerprint density at radius 1 is 0.956 bits per heavy atom. The number of nitrogens with one attached hydrogen (secondary N) is 2. The van der Waals surface area contributed by atoms with Gasteiger partial charge in [-0.15, -0.1) is 0 Å². The van der Waals surface area contributed by atoms with Gasteiger partial charge in [0, 0.05) is 55.7 Å². The van der Waals surface area contributed by atoms with Gasteiger partial charge in [-0.25, -0.2) is 4.98 Å². The summed E-state index contributed by atoms with van der Waals surface area (Å²) in [7, 11) is 0. The molecule has 3 amide bonds. The van der Waals surface area contributed by atoms with Crippen molar-refractivity contribution in [2.45, 2.75) is 24.9 Å². The lowest BCUT2D eigenvalue weighted by molar-refractivity contribution is -0.136. The molecule has 4 aromatic rings. The van der Waals surface area contributed by atoms with Crippen molar-refractivity contribution in [3.63, 3.8) is 0 Å². The molecule has 7 rings (SSSR count). The Hall–Kier alpha value is -4.81. The summed E-state index contributed by atoms with van der Waals surface area (Å²) in [5.74, 6) is -0.446. The van der Waals surface area contributed by atoms with Crippen molar-refractivity contribution < 1.29 is 19.1 Å². The van der Waals surface area contributed by atoms with Gasteiger partial charge in [0.15, 0.2) is 5.65 Å². The van der Waals surface area contributed by atoms with E-state index in [1.807, 2.05) is 54.6 Å². The van der Waals surface area contributed by atoms with Crippen LogP contribution in [0.4, 0.5) is 11.4 Å². The predicted molar refractivity (Wildman–Crippen MR) is 168 cm³/mol. The van der Waals surface area contributed by atoms with Gasteiger partial charge in [0.1, 0.15) is 12.1 Å². The topological polar surface area (TPSA) is 127 Å². The molecule has 232 valence electrons. The van der Waals surface area contributed by atoms with Crippen LogP contribution in [0.25, 0.3) is 11.0 Å². The maximum absolute atomic E-state index is 14.2. The van der Waals surface area contributed by atoms with Crippen LogP contribution < -0.4 is 10.2 Å². The van der Waals surface area contributed by atoms with Gasteiger partial charge in [-0.05, 0) is 42.7 Å². The minimum Gasteiger partial charge on any atom is -0.379 e. The molecule has 0 radical (unpaired) electrons. The lowest BCUT2D eigenvalue weighted by Crippen LogP contribution is -2.57. The molecule has 0 aliphatic carbocycles. The molecule has 0 bridgehead atoms. The molecule has 45 heavy (non-hydrogen) atoms. The number of anilines is 2. The number of hydrogen-bond donors (Lipinski definition) is 2. The number of hydrogen-bond acceptors (Lipinski definition) is 8. The molecule has 2 aromatic heterocycles. The lowest BCUT2D eigenvalue weighted by atomic mass is 9.85. The fourth-order valence-electron chi connectivity index (χ4n) is 6.68. The molecule has 1 spiro atoms. The Morgan fingerprint density at radius 3 is 2.51 bits per heavy atom. The number of nitrogens with zero attached hydrogens (tertiary/aromatic N) is 6. The van der Waals surface area contributed by atoms with E-state index in [-0.39, 0.29) is 24.3 Å². The number of pyridine rings is 1. The highest BCUT2D eigenvalue weighted by molar-refractivity contribution is 6.00. The second kappa shape index (κ2) is 12.3. The smallest absolute Gasteiger partial charge is 0.255 e. The second-order valence-corrected chi connectivity index (χ2v) is 11.9. The molecule has 3 saturated heterocycles. The third-order valence-corrected chi connectivity index (χ3v) is 9.12. The van der Waals surface area contributed by atoms with E-state index in [2.05, 4.69) is 30.3 Å². The van der Waals surface area contributed by atoms with E-state index in [4.69, 9.17) is 4.74 Å². The largest absolute Gasteiger partial charge is 0.379 e. The molecule has 12 heteroatoms. The molecule has 3 fully saturated rings. The van der Waals surface area contributed by atoms with E-state index >= 15 is 0 Å². The average Bonchev–Trinajstić information content (AvgIpc) is 3.65. The number of H-pyrrole nitrogens is 1. The van der Waals surface area contributed by atoms with Crippen LogP contribution >= 0.6 is 0 Å². The number of aromatic nitrogens is 3. The summed E-state index contributed by atoms with van der Waals surface area (Å²) >= 11 is 0. The number of carbonyl (C=O) groups is 3. The number of rotatable bonds is 7. The van der Waals surface area contributed by atoms with Crippen LogP contribution in [0.3, 0.4) is 0 Å². The summed E-state index contributed by atoms with van der Waals surface area (Å²) in [6.45, 7) is 4.87. The zero-order valence-electron chi connectivity index (χ0n) is 25.0. The second-order valence-electron chi connectivity index (χ2n) is 11.9. The third kappa shape index (κ3) is 5.74. The van der Waals surface area contributed by atoms with Crippen LogP contribution in [0.1, 0.15) is 28.8 Å². The van der Waals surface area contributed by atoms with E-state index < -0.39 is 5.54 Å². The lowest BCUT2D eigenvalue weighted by Gasteiger charge is -2.43. The number of piperidine rings is 1. The molecule has 5 heterocycles. The number of benzene rings is 2. The Balaban J connectivity index is 1.06. The summed E-state index contributed by atoms with van der Waals surface area (Å²) < 4.78 is 5.48. The molecular weight excluding hydrogens is 572 g/mol. The molecule has 12 nitrogen and oxygen atoms in total. The van der Waals surface area contributed by atoms with Crippen molar-refractivity contribution >= 4 is 40.1 Å². The maximum Gasteiger partial charge on any atom is 0.255 e. The molecule has 0 saturated carbocycles. The third-order valence-electron chi connectivity index (χ3n) is 9.12. The van der Waals surface area contributed by atoms with Gasteiger partial charge in [-0.3, -0.25) is 24.4 Å². The van der Waals surface area contributed by atoms with E-state index in [1.54, 1.807) is 28.3 Å². The Kier molecular flexibility index (Phi) is 7.90. The average molecular weight is 609 g/mol. The molecule has 2 aromatic carbocycles. The van der Waals surface area contributed by atoms with E-state index in [9.17, 15) is 14.4 Å². The van der Waals surface area contributed by atoms with Gasteiger partial charge < -0.3 is 24.8 Å². The van der Waals surface area contributed by atoms with Crippen molar-refractivity contribution in [1.82, 2.24) is 29.9 Å².